The Morgan fingerprint density at radius 3 is 2.84 bits per heavy atom. The van der Waals surface area contributed by atoms with Crippen molar-refractivity contribution in [2.24, 2.45) is 0 Å². The minimum absolute atomic E-state index is 0.0334. The summed E-state index contributed by atoms with van der Waals surface area (Å²) in [6.07, 6.45) is -4.54. The van der Waals surface area contributed by atoms with Gasteiger partial charge in [-0.3, -0.25) is 0 Å². The van der Waals surface area contributed by atoms with Gasteiger partial charge in [0.05, 0.1) is 20.3 Å². The van der Waals surface area contributed by atoms with Crippen LogP contribution in [-0.4, -0.2) is 49.1 Å². The maximum absolute atomic E-state index is 12.5. The van der Waals surface area contributed by atoms with Crippen molar-refractivity contribution in [2.45, 2.75) is 12.2 Å². The zero-order valence-corrected chi connectivity index (χ0v) is 10.6. The van der Waals surface area contributed by atoms with Crippen LogP contribution in [0.15, 0.2) is 0 Å². The van der Waals surface area contributed by atoms with Crippen molar-refractivity contribution in [1.29, 1.82) is 0 Å². The lowest BCUT2D eigenvalue weighted by Gasteiger charge is -2.32. The van der Waals surface area contributed by atoms with E-state index in [0.717, 1.165) is 0 Å². The van der Waals surface area contributed by atoms with Gasteiger partial charge in [-0.1, -0.05) is 11.3 Å². The fourth-order valence-electron chi connectivity index (χ4n) is 1.61. The van der Waals surface area contributed by atoms with Gasteiger partial charge in [0.1, 0.15) is 0 Å². The Balaban J connectivity index is 2.23. The molecule has 1 aliphatic rings. The van der Waals surface area contributed by atoms with Crippen molar-refractivity contribution in [3.8, 4) is 0 Å². The second-order valence-electron chi connectivity index (χ2n) is 3.69. The Labute approximate surface area is 110 Å². The number of carbonyl (C=O) groups is 1. The third-order valence-electron chi connectivity index (χ3n) is 2.50. The molecule has 1 aliphatic heterocycles. The molecule has 1 unspecified atom stereocenters. The van der Waals surface area contributed by atoms with E-state index in [1.807, 2.05) is 0 Å². The van der Waals surface area contributed by atoms with Gasteiger partial charge in [-0.25, -0.2) is 4.79 Å². The molecule has 6 nitrogen and oxygen atoms in total. The molecule has 19 heavy (non-hydrogen) atoms. The summed E-state index contributed by atoms with van der Waals surface area (Å²) < 4.78 is 47.1. The average Bonchev–Trinajstić information content (AvgIpc) is 2.87. The first-order valence-electron chi connectivity index (χ1n) is 5.26. The maximum atomic E-state index is 12.5. The highest BCUT2D eigenvalue weighted by atomic mass is 32.1. The van der Waals surface area contributed by atoms with Crippen molar-refractivity contribution >= 4 is 22.4 Å². The fourth-order valence-corrected chi connectivity index (χ4v) is 2.40. The Bertz CT molecular complexity index is 465. The third kappa shape index (κ3) is 2.95. The lowest BCUT2D eigenvalue weighted by Crippen LogP contribution is -2.50. The molecule has 1 aromatic heterocycles. The van der Waals surface area contributed by atoms with E-state index in [0.29, 0.717) is 17.9 Å². The van der Waals surface area contributed by atoms with Crippen LogP contribution in [0.5, 0.6) is 0 Å². The molecular weight excluding hydrogens is 287 g/mol. The van der Waals surface area contributed by atoms with Gasteiger partial charge in [0.25, 0.3) is 0 Å². The number of aromatic nitrogens is 2. The molecule has 2 rings (SSSR count). The molecular formula is C9H10F3N3O3S. The molecule has 2 heterocycles. The minimum Gasteiger partial charge on any atom is -0.467 e. The number of methoxy groups -OCH3 is 1. The summed E-state index contributed by atoms with van der Waals surface area (Å²) in [6.45, 7) is 0.605. The normalized spacial score (nSPS) is 20.4. The Kier molecular flexibility index (Phi) is 3.90. The highest BCUT2D eigenvalue weighted by Gasteiger charge is 2.38. The molecule has 1 fully saturated rings. The van der Waals surface area contributed by atoms with Gasteiger partial charge in [-0.2, -0.15) is 13.2 Å². The number of ether oxygens (including phenoxy) is 2. The quantitative estimate of drug-likeness (QED) is 0.757. The number of hydrogen-bond acceptors (Lipinski definition) is 7. The molecule has 106 valence electrons. The van der Waals surface area contributed by atoms with Gasteiger partial charge < -0.3 is 14.4 Å². The van der Waals surface area contributed by atoms with Crippen LogP contribution < -0.4 is 4.90 Å². The van der Waals surface area contributed by atoms with Crippen LogP contribution in [0.3, 0.4) is 0 Å². The number of rotatable bonds is 2. The molecule has 0 aliphatic carbocycles. The van der Waals surface area contributed by atoms with Crippen LogP contribution in [0.25, 0.3) is 0 Å². The summed E-state index contributed by atoms with van der Waals surface area (Å²) in [5.74, 6) is -0.580. The van der Waals surface area contributed by atoms with Gasteiger partial charge in [0, 0.05) is 6.54 Å². The van der Waals surface area contributed by atoms with E-state index >= 15 is 0 Å². The Hall–Kier alpha value is -1.42. The Morgan fingerprint density at radius 1 is 1.53 bits per heavy atom. The number of esters is 1. The van der Waals surface area contributed by atoms with E-state index < -0.39 is 23.2 Å². The zero-order valence-electron chi connectivity index (χ0n) is 9.81. The van der Waals surface area contributed by atoms with Gasteiger partial charge in [0.2, 0.25) is 10.1 Å². The second-order valence-corrected chi connectivity index (χ2v) is 4.65. The monoisotopic (exact) mass is 297 g/mol. The van der Waals surface area contributed by atoms with Crippen molar-refractivity contribution in [2.75, 3.05) is 31.8 Å². The lowest BCUT2D eigenvalue weighted by atomic mass is 10.2. The van der Waals surface area contributed by atoms with Crippen LogP contribution in [0.2, 0.25) is 0 Å². The predicted molar refractivity (Wildman–Crippen MR) is 58.9 cm³/mol. The van der Waals surface area contributed by atoms with Crippen LogP contribution in [-0.2, 0) is 20.4 Å². The van der Waals surface area contributed by atoms with Gasteiger partial charge in [-0.15, -0.1) is 10.2 Å². The first-order chi connectivity index (χ1) is 8.93. The molecule has 0 bridgehead atoms. The second kappa shape index (κ2) is 5.29. The first-order valence-corrected chi connectivity index (χ1v) is 6.08. The minimum atomic E-state index is -4.54. The number of morpholine rings is 1. The lowest BCUT2D eigenvalue weighted by molar-refractivity contribution is -0.144. The summed E-state index contributed by atoms with van der Waals surface area (Å²) in [5, 5.41) is 5.57. The van der Waals surface area contributed by atoms with Crippen molar-refractivity contribution in [3.63, 3.8) is 0 Å². The molecule has 0 saturated carbocycles. The molecule has 0 radical (unpaired) electrons. The number of carbonyl (C=O) groups excluding carboxylic acids is 1. The van der Waals surface area contributed by atoms with Gasteiger partial charge in [-0.05, 0) is 0 Å². The number of halogens is 3. The van der Waals surface area contributed by atoms with Crippen molar-refractivity contribution in [1.82, 2.24) is 10.2 Å². The highest BCUT2D eigenvalue weighted by Crippen LogP contribution is 2.35. The SMILES string of the molecule is COC(=O)C1COCCN1c1nnc(C(F)(F)F)s1. The summed E-state index contributed by atoms with van der Waals surface area (Å²) in [5.41, 5.74) is 0. The smallest absolute Gasteiger partial charge is 0.445 e. The van der Waals surface area contributed by atoms with E-state index in [2.05, 4.69) is 14.9 Å². The van der Waals surface area contributed by atoms with Crippen molar-refractivity contribution < 1.29 is 27.4 Å². The van der Waals surface area contributed by atoms with Crippen LogP contribution >= 0.6 is 11.3 Å². The van der Waals surface area contributed by atoms with Gasteiger partial charge in [0.15, 0.2) is 6.04 Å². The molecule has 1 atom stereocenters. The predicted octanol–water partition coefficient (Wildman–Crippen LogP) is 0.935. The van der Waals surface area contributed by atoms with E-state index in [1.165, 1.54) is 12.0 Å². The molecule has 0 N–H and O–H groups in total. The third-order valence-corrected chi connectivity index (χ3v) is 3.51. The number of hydrogen-bond donors (Lipinski definition) is 0. The zero-order chi connectivity index (χ0) is 14.0. The maximum Gasteiger partial charge on any atom is 0.445 e. The van der Waals surface area contributed by atoms with Crippen molar-refractivity contribution in [3.05, 3.63) is 5.01 Å². The average molecular weight is 297 g/mol. The largest absolute Gasteiger partial charge is 0.467 e. The van der Waals surface area contributed by atoms with E-state index in [1.54, 1.807) is 0 Å². The van der Waals surface area contributed by atoms with E-state index in [9.17, 15) is 18.0 Å². The molecule has 0 amide bonds. The Morgan fingerprint density at radius 2 is 2.26 bits per heavy atom. The standard InChI is InChI=1S/C9H10F3N3O3S/c1-17-6(16)5-4-18-3-2-15(5)8-14-13-7(19-8)9(10,11)12/h5H,2-4H2,1H3. The topological polar surface area (TPSA) is 64.6 Å². The van der Waals surface area contributed by atoms with Crippen LogP contribution in [0.4, 0.5) is 18.3 Å². The molecule has 0 aromatic carbocycles. The summed E-state index contributed by atoms with van der Waals surface area (Å²) in [6, 6.07) is -0.798. The van der Waals surface area contributed by atoms with Crippen LogP contribution in [0.1, 0.15) is 5.01 Å². The fraction of sp³-hybridized carbons (Fsp3) is 0.667. The van der Waals surface area contributed by atoms with E-state index in [-0.39, 0.29) is 18.3 Å². The highest BCUT2D eigenvalue weighted by molar-refractivity contribution is 7.15. The number of nitrogens with zero attached hydrogens (tertiary/aromatic N) is 3. The summed E-state index contributed by atoms with van der Waals surface area (Å²) >= 11 is 0.393. The van der Waals surface area contributed by atoms with E-state index in [4.69, 9.17) is 4.74 Å². The van der Waals surface area contributed by atoms with Crippen LogP contribution in [0, 0.1) is 0 Å². The first kappa shape index (κ1) is 14.0. The number of anilines is 1. The molecule has 1 saturated heterocycles. The molecule has 1 aromatic rings. The summed E-state index contributed by atoms with van der Waals surface area (Å²) in [7, 11) is 1.20. The van der Waals surface area contributed by atoms with Gasteiger partial charge >= 0.3 is 12.1 Å². The molecule has 0 spiro atoms. The molecule has 10 heteroatoms. The summed E-state index contributed by atoms with van der Waals surface area (Å²) in [4.78, 5) is 13.0. The number of alkyl halides is 3.